The van der Waals surface area contributed by atoms with Crippen molar-refractivity contribution in [2.45, 2.75) is 48.9 Å². The number of hydrogen-bond acceptors (Lipinski definition) is 6. The fraction of sp³-hybridized carbons (Fsp3) is 0.706. The summed E-state index contributed by atoms with van der Waals surface area (Å²) in [4.78, 5) is 31.8. The zero-order valence-electron chi connectivity index (χ0n) is 14.4. The lowest BCUT2D eigenvalue weighted by Crippen LogP contribution is -2.43. The quantitative estimate of drug-likeness (QED) is 0.730. The van der Waals surface area contributed by atoms with Gasteiger partial charge in [-0.3, -0.25) is 4.79 Å². The second kappa shape index (κ2) is 9.00. The highest BCUT2D eigenvalue weighted by Gasteiger charge is 2.31. The van der Waals surface area contributed by atoms with Crippen molar-refractivity contribution < 1.29 is 14.7 Å². The van der Waals surface area contributed by atoms with E-state index in [1.807, 2.05) is 4.90 Å². The van der Waals surface area contributed by atoms with Gasteiger partial charge in [0, 0.05) is 36.7 Å². The van der Waals surface area contributed by atoms with Gasteiger partial charge in [-0.05, 0) is 32.4 Å². The van der Waals surface area contributed by atoms with Gasteiger partial charge in [0.1, 0.15) is 0 Å². The van der Waals surface area contributed by atoms with Crippen LogP contribution in [0.3, 0.4) is 0 Å². The summed E-state index contributed by atoms with van der Waals surface area (Å²) in [6.45, 7) is 4.02. The second-order valence-electron chi connectivity index (χ2n) is 6.65. The first-order valence-corrected chi connectivity index (χ1v) is 10.8. The minimum atomic E-state index is -0.990. The number of hydrogen-bond donors (Lipinski definition) is 1. The molecule has 2 aliphatic rings. The molecule has 0 radical (unpaired) electrons. The Morgan fingerprint density at radius 1 is 1.32 bits per heavy atom. The molecule has 2 aliphatic heterocycles. The third-order valence-electron chi connectivity index (χ3n) is 4.88. The number of amides is 1. The van der Waals surface area contributed by atoms with Crippen molar-refractivity contribution in [2.75, 3.05) is 31.9 Å². The first-order valence-electron chi connectivity index (χ1n) is 8.97. The van der Waals surface area contributed by atoms with Crippen LogP contribution in [0.2, 0.25) is 0 Å². The topological polar surface area (TPSA) is 73.7 Å². The molecule has 2 saturated heterocycles. The SMILES string of the molecule is O=C(O)c1csc(SCCN2C(=O)CC[C@@H]2CN2CCCCCC2)n1. The summed E-state index contributed by atoms with van der Waals surface area (Å²) in [5.41, 5.74) is 0.101. The predicted molar refractivity (Wildman–Crippen MR) is 99.4 cm³/mol. The number of nitrogens with zero attached hydrogens (tertiary/aromatic N) is 3. The summed E-state index contributed by atoms with van der Waals surface area (Å²) in [6.07, 6.45) is 6.81. The maximum absolute atomic E-state index is 12.2. The molecule has 3 heterocycles. The third kappa shape index (κ3) is 5.18. The van der Waals surface area contributed by atoms with Gasteiger partial charge in [-0.25, -0.2) is 9.78 Å². The van der Waals surface area contributed by atoms with Crippen molar-refractivity contribution >= 4 is 35.0 Å². The van der Waals surface area contributed by atoms with Crippen LogP contribution < -0.4 is 0 Å². The molecule has 8 heteroatoms. The summed E-state index contributed by atoms with van der Waals surface area (Å²) >= 11 is 2.89. The molecule has 3 rings (SSSR count). The molecule has 2 fully saturated rings. The normalized spacial score (nSPS) is 22.3. The van der Waals surface area contributed by atoms with Crippen molar-refractivity contribution in [1.29, 1.82) is 0 Å². The van der Waals surface area contributed by atoms with Crippen LogP contribution in [0.5, 0.6) is 0 Å². The van der Waals surface area contributed by atoms with E-state index in [9.17, 15) is 9.59 Å². The van der Waals surface area contributed by atoms with Crippen LogP contribution in [0, 0.1) is 0 Å². The van der Waals surface area contributed by atoms with E-state index in [0.717, 1.165) is 36.1 Å². The molecule has 0 bridgehead atoms. The summed E-state index contributed by atoms with van der Waals surface area (Å²) in [5, 5.41) is 10.5. The van der Waals surface area contributed by atoms with E-state index in [0.29, 0.717) is 19.0 Å². The van der Waals surface area contributed by atoms with E-state index in [1.165, 1.54) is 48.8 Å². The highest BCUT2D eigenvalue weighted by atomic mass is 32.2. The van der Waals surface area contributed by atoms with Crippen LogP contribution >= 0.6 is 23.1 Å². The largest absolute Gasteiger partial charge is 0.476 e. The number of aromatic nitrogens is 1. The summed E-state index contributed by atoms with van der Waals surface area (Å²) in [6, 6.07) is 0.331. The molecule has 0 unspecified atom stereocenters. The Balaban J connectivity index is 1.48. The van der Waals surface area contributed by atoms with E-state index in [-0.39, 0.29) is 11.6 Å². The minimum Gasteiger partial charge on any atom is -0.476 e. The number of rotatable bonds is 7. The van der Waals surface area contributed by atoms with Crippen LogP contribution in [0.4, 0.5) is 0 Å². The summed E-state index contributed by atoms with van der Waals surface area (Å²) < 4.78 is 0.758. The van der Waals surface area contributed by atoms with Crippen molar-refractivity contribution in [2.24, 2.45) is 0 Å². The first-order chi connectivity index (χ1) is 12.1. The Morgan fingerprint density at radius 3 is 2.76 bits per heavy atom. The number of carboxylic acid groups (broad SMARTS) is 1. The van der Waals surface area contributed by atoms with Crippen LogP contribution in [-0.2, 0) is 4.79 Å². The van der Waals surface area contributed by atoms with Gasteiger partial charge in [0.25, 0.3) is 0 Å². The Kier molecular flexibility index (Phi) is 6.72. The molecule has 1 atom stereocenters. The third-order valence-corrected chi connectivity index (χ3v) is 6.88. The lowest BCUT2D eigenvalue weighted by molar-refractivity contribution is -0.128. The monoisotopic (exact) mass is 383 g/mol. The van der Waals surface area contributed by atoms with Crippen molar-refractivity contribution in [3.05, 3.63) is 11.1 Å². The molecule has 1 aromatic heterocycles. The van der Waals surface area contributed by atoms with Gasteiger partial charge < -0.3 is 14.9 Å². The zero-order valence-corrected chi connectivity index (χ0v) is 16.0. The lowest BCUT2D eigenvalue weighted by Gasteiger charge is -2.30. The molecular formula is C17H25N3O3S2. The fourth-order valence-electron chi connectivity index (χ4n) is 3.56. The molecule has 0 aliphatic carbocycles. The van der Waals surface area contributed by atoms with Gasteiger partial charge in [0.15, 0.2) is 10.0 Å². The second-order valence-corrected chi connectivity index (χ2v) is 8.85. The molecule has 138 valence electrons. The molecule has 0 aromatic carbocycles. The van der Waals surface area contributed by atoms with E-state index in [4.69, 9.17) is 5.11 Å². The number of likely N-dealkylation sites (tertiary alicyclic amines) is 2. The van der Waals surface area contributed by atoms with Crippen molar-refractivity contribution in [1.82, 2.24) is 14.8 Å². The molecule has 1 amide bonds. The highest BCUT2D eigenvalue weighted by molar-refractivity contribution is 8.01. The molecule has 1 aromatic rings. The van der Waals surface area contributed by atoms with E-state index in [2.05, 4.69) is 9.88 Å². The molecule has 6 nitrogen and oxygen atoms in total. The van der Waals surface area contributed by atoms with Gasteiger partial charge in [-0.15, -0.1) is 11.3 Å². The average Bonchev–Trinajstić information content (AvgIpc) is 3.09. The highest BCUT2D eigenvalue weighted by Crippen LogP contribution is 2.25. The van der Waals surface area contributed by atoms with Gasteiger partial charge in [-0.1, -0.05) is 24.6 Å². The standard InChI is InChI=1S/C17H25N3O3S2/c21-15-6-5-13(11-19-7-3-1-2-4-8-19)20(15)9-10-24-17-18-14(12-25-17)16(22)23/h12-13H,1-11H2,(H,22,23)/t13-/m1/s1. The Labute approximate surface area is 156 Å². The first kappa shape index (κ1) is 18.7. The molecule has 0 saturated carbocycles. The van der Waals surface area contributed by atoms with Gasteiger partial charge >= 0.3 is 5.97 Å². The van der Waals surface area contributed by atoms with Crippen LogP contribution in [0.1, 0.15) is 49.0 Å². The van der Waals surface area contributed by atoms with Crippen LogP contribution in [-0.4, -0.2) is 69.7 Å². The maximum Gasteiger partial charge on any atom is 0.355 e. The molecule has 25 heavy (non-hydrogen) atoms. The summed E-state index contributed by atoms with van der Waals surface area (Å²) in [5.74, 6) is 0.0237. The van der Waals surface area contributed by atoms with Crippen LogP contribution in [0.15, 0.2) is 9.72 Å². The molecular weight excluding hydrogens is 358 g/mol. The number of carbonyl (C=O) groups is 2. The van der Waals surface area contributed by atoms with Crippen LogP contribution in [0.25, 0.3) is 0 Å². The smallest absolute Gasteiger partial charge is 0.355 e. The van der Waals surface area contributed by atoms with Gasteiger partial charge in [0.2, 0.25) is 5.91 Å². The van der Waals surface area contributed by atoms with Crippen molar-refractivity contribution in [3.8, 4) is 0 Å². The number of carbonyl (C=O) groups excluding carboxylic acids is 1. The Hall–Kier alpha value is -1.12. The summed E-state index contributed by atoms with van der Waals surface area (Å²) in [7, 11) is 0. The molecule has 0 spiro atoms. The Morgan fingerprint density at radius 2 is 2.08 bits per heavy atom. The maximum atomic E-state index is 12.2. The number of thiazole rings is 1. The number of aromatic carboxylic acids is 1. The Bertz CT molecular complexity index is 600. The lowest BCUT2D eigenvalue weighted by atomic mass is 10.2. The number of carboxylic acids is 1. The zero-order chi connectivity index (χ0) is 17.6. The van der Waals surface area contributed by atoms with E-state index in [1.54, 1.807) is 5.38 Å². The van der Waals surface area contributed by atoms with Gasteiger partial charge in [-0.2, -0.15) is 0 Å². The fourth-order valence-corrected chi connectivity index (χ4v) is 5.37. The van der Waals surface area contributed by atoms with E-state index < -0.39 is 5.97 Å². The van der Waals surface area contributed by atoms with Gasteiger partial charge in [0.05, 0.1) is 0 Å². The predicted octanol–water partition coefficient (Wildman–Crippen LogP) is 2.80. The molecule has 1 N–H and O–H groups in total. The number of thioether (sulfide) groups is 1. The average molecular weight is 384 g/mol. The van der Waals surface area contributed by atoms with E-state index >= 15 is 0 Å². The van der Waals surface area contributed by atoms with Crippen molar-refractivity contribution in [3.63, 3.8) is 0 Å². The minimum absolute atomic E-state index is 0.101.